The van der Waals surface area contributed by atoms with Crippen LogP contribution in [0.5, 0.6) is 23.0 Å². The molecule has 0 amide bonds. The summed E-state index contributed by atoms with van der Waals surface area (Å²) in [6.45, 7) is 4.98. The molecule has 0 radical (unpaired) electrons. The fraction of sp³-hybridized carbons (Fsp3) is 0.294. The minimum atomic E-state index is -4.64. The number of Topliss-reactive ketones (excluding diaryl/α,β-unsaturated/α-hetero) is 1. The molecule has 4 heterocycles. The average molecular weight is 680 g/mol. The minimum Gasteiger partial charge on any atom is -0.493 e. The predicted octanol–water partition coefficient (Wildman–Crippen LogP) is 4.94. The van der Waals surface area contributed by atoms with E-state index >= 15 is 0 Å². The number of pyridine rings is 2. The van der Waals surface area contributed by atoms with Crippen LogP contribution in [0.2, 0.25) is 0 Å². The summed E-state index contributed by atoms with van der Waals surface area (Å²) in [6, 6.07) is 15.8. The van der Waals surface area contributed by atoms with Crippen molar-refractivity contribution in [3.05, 3.63) is 88.9 Å². The maximum atomic E-state index is 12.8. The number of carbonyl (C=O) groups excluding carboxylic acids is 2. The first-order valence-electron chi connectivity index (χ1n) is 15.2. The Morgan fingerprint density at radius 2 is 1.78 bits per heavy atom. The number of nitrogens with one attached hydrogen (secondary N) is 1. The highest BCUT2D eigenvalue weighted by Crippen LogP contribution is 2.37. The van der Waals surface area contributed by atoms with Gasteiger partial charge in [0.1, 0.15) is 11.5 Å². The van der Waals surface area contributed by atoms with Crippen LogP contribution in [0.1, 0.15) is 22.7 Å². The van der Waals surface area contributed by atoms with Gasteiger partial charge in [0.15, 0.2) is 17.3 Å². The van der Waals surface area contributed by atoms with Crippen LogP contribution in [-0.2, 0) is 16.0 Å². The Balaban J connectivity index is 0.000000717. The van der Waals surface area contributed by atoms with Gasteiger partial charge in [-0.15, -0.1) is 0 Å². The molecule has 256 valence electrons. The lowest BCUT2D eigenvalue weighted by atomic mass is 10.1. The van der Waals surface area contributed by atoms with Crippen molar-refractivity contribution in [1.82, 2.24) is 24.8 Å². The van der Waals surface area contributed by atoms with Crippen molar-refractivity contribution in [3.8, 4) is 23.0 Å². The molecular weight excluding hydrogens is 647 g/mol. The number of ketones is 1. The molecule has 1 saturated heterocycles. The first kappa shape index (κ1) is 34.9. The Labute approximate surface area is 277 Å². The number of aromatic amines is 1. The minimum absolute atomic E-state index is 0.00322. The number of ether oxygens (including phenoxy) is 4. The van der Waals surface area contributed by atoms with E-state index in [1.165, 1.54) is 0 Å². The number of hydrogen-bond donors (Lipinski definition) is 1. The molecule has 5 aromatic rings. The number of methoxy groups -OCH3 is 1. The monoisotopic (exact) mass is 679 g/mol. The summed E-state index contributed by atoms with van der Waals surface area (Å²) in [5, 5.41) is 1.19. The van der Waals surface area contributed by atoms with Gasteiger partial charge >= 0.3 is 6.18 Å². The van der Waals surface area contributed by atoms with Crippen LogP contribution in [0, 0.1) is 0 Å². The highest BCUT2D eigenvalue weighted by Gasteiger charge is 2.25. The Bertz CT molecular complexity index is 1960. The van der Waals surface area contributed by atoms with Gasteiger partial charge in [-0.25, -0.2) is 4.98 Å². The van der Waals surface area contributed by atoms with Gasteiger partial charge in [-0.3, -0.25) is 29.3 Å². The van der Waals surface area contributed by atoms with E-state index in [1.54, 1.807) is 62.0 Å². The summed E-state index contributed by atoms with van der Waals surface area (Å²) < 4.78 is 54.5. The van der Waals surface area contributed by atoms with Gasteiger partial charge in [0.05, 0.1) is 56.0 Å². The smallest absolute Gasteiger partial charge is 0.446 e. The van der Waals surface area contributed by atoms with Crippen molar-refractivity contribution >= 4 is 33.9 Å². The first-order valence-corrected chi connectivity index (χ1v) is 15.2. The Hall–Kier alpha value is -5.41. The lowest BCUT2D eigenvalue weighted by Gasteiger charge is -2.26. The fourth-order valence-corrected chi connectivity index (χ4v) is 4.95. The van der Waals surface area contributed by atoms with Crippen LogP contribution in [0.25, 0.3) is 21.8 Å². The van der Waals surface area contributed by atoms with Crippen molar-refractivity contribution in [2.45, 2.75) is 19.0 Å². The number of benzene rings is 2. The zero-order valence-electron chi connectivity index (χ0n) is 26.4. The third kappa shape index (κ3) is 9.58. The molecule has 1 aliphatic rings. The molecule has 0 unspecified atom stereocenters. The van der Waals surface area contributed by atoms with Gasteiger partial charge in [0.2, 0.25) is 12.1 Å². The molecule has 1 N–H and O–H groups in total. The van der Waals surface area contributed by atoms with Gasteiger partial charge in [0.25, 0.3) is 5.56 Å². The first-order chi connectivity index (χ1) is 23.6. The zero-order chi connectivity index (χ0) is 34.8. The molecule has 0 spiro atoms. The Kier molecular flexibility index (Phi) is 11.5. The van der Waals surface area contributed by atoms with Crippen LogP contribution in [0.4, 0.5) is 13.2 Å². The van der Waals surface area contributed by atoms with E-state index in [1.807, 2.05) is 12.1 Å². The number of halogens is 3. The largest absolute Gasteiger partial charge is 0.493 e. The molecule has 6 rings (SSSR count). The molecule has 1 aliphatic heterocycles. The summed E-state index contributed by atoms with van der Waals surface area (Å²) in [4.78, 5) is 52.0. The van der Waals surface area contributed by atoms with E-state index in [4.69, 9.17) is 23.7 Å². The zero-order valence-corrected chi connectivity index (χ0v) is 26.4. The summed E-state index contributed by atoms with van der Waals surface area (Å²) in [6.07, 6.45) is -1.61. The fourth-order valence-electron chi connectivity index (χ4n) is 4.95. The second-order valence-electron chi connectivity index (χ2n) is 10.8. The lowest BCUT2D eigenvalue weighted by molar-refractivity contribution is -0.156. The van der Waals surface area contributed by atoms with Crippen molar-refractivity contribution in [3.63, 3.8) is 0 Å². The molecule has 0 atom stereocenters. The van der Waals surface area contributed by atoms with E-state index in [2.05, 4.69) is 24.8 Å². The highest BCUT2D eigenvalue weighted by molar-refractivity contribution is 5.95. The second kappa shape index (κ2) is 16.1. The molecule has 2 aromatic carbocycles. The number of nitrogens with zero attached hydrogens (tertiary/aromatic N) is 4. The number of H-pyrrole nitrogens is 1. The topological polar surface area (TPSA) is 146 Å². The molecule has 0 bridgehead atoms. The summed E-state index contributed by atoms with van der Waals surface area (Å²) in [5.41, 5.74) is 1.34. The number of rotatable bonds is 11. The number of aldehydes is 1. The molecular formula is C34H32F3N5O7. The van der Waals surface area contributed by atoms with Gasteiger partial charge in [-0.1, -0.05) is 12.1 Å². The van der Waals surface area contributed by atoms with Gasteiger partial charge in [0, 0.05) is 43.0 Å². The van der Waals surface area contributed by atoms with Crippen molar-refractivity contribution in [2.75, 3.05) is 46.6 Å². The Morgan fingerprint density at radius 3 is 2.49 bits per heavy atom. The van der Waals surface area contributed by atoms with E-state index in [0.29, 0.717) is 51.7 Å². The number of para-hydroxylation sites is 1. The van der Waals surface area contributed by atoms with E-state index in [-0.39, 0.29) is 23.6 Å². The SMILES string of the molecule is COc1cc2c(Oc3ccc(CC(=O)c4nc5ccccc5c(=O)[nH]4)nc3)ccnc2cc1OCCCN1CCOCC1.O=CC(F)(F)F. The van der Waals surface area contributed by atoms with Crippen LogP contribution in [0.15, 0.2) is 71.8 Å². The molecule has 0 aliphatic carbocycles. The third-order valence-corrected chi connectivity index (χ3v) is 7.34. The van der Waals surface area contributed by atoms with Gasteiger partial charge < -0.3 is 23.9 Å². The maximum Gasteiger partial charge on any atom is 0.446 e. The number of hydrogen-bond acceptors (Lipinski definition) is 11. The maximum absolute atomic E-state index is 12.8. The number of fused-ring (bicyclic) bond motifs is 2. The highest BCUT2D eigenvalue weighted by atomic mass is 19.4. The number of aromatic nitrogens is 4. The van der Waals surface area contributed by atoms with Crippen molar-refractivity contribution < 1.29 is 41.7 Å². The predicted molar refractivity (Wildman–Crippen MR) is 172 cm³/mol. The number of morpholine rings is 1. The summed E-state index contributed by atoms with van der Waals surface area (Å²) in [5.74, 6) is 1.94. The molecule has 1 fully saturated rings. The molecule has 15 heteroatoms. The van der Waals surface area contributed by atoms with E-state index < -0.39 is 12.5 Å². The number of alkyl halides is 3. The number of carbonyl (C=O) groups is 2. The van der Waals surface area contributed by atoms with Gasteiger partial charge in [-0.2, -0.15) is 13.2 Å². The second-order valence-corrected chi connectivity index (χ2v) is 10.8. The molecule has 3 aromatic heterocycles. The quantitative estimate of drug-likeness (QED) is 0.115. The molecule has 49 heavy (non-hydrogen) atoms. The third-order valence-electron chi connectivity index (χ3n) is 7.34. The lowest BCUT2D eigenvalue weighted by Crippen LogP contribution is -2.37. The average Bonchev–Trinajstić information content (AvgIpc) is 3.11. The van der Waals surface area contributed by atoms with Crippen molar-refractivity contribution in [2.24, 2.45) is 0 Å². The normalized spacial score (nSPS) is 13.4. The van der Waals surface area contributed by atoms with Gasteiger partial charge in [-0.05, 0) is 42.8 Å². The van der Waals surface area contributed by atoms with Crippen LogP contribution >= 0.6 is 0 Å². The van der Waals surface area contributed by atoms with Crippen molar-refractivity contribution in [1.29, 1.82) is 0 Å². The van der Waals surface area contributed by atoms with E-state index in [9.17, 15) is 22.8 Å². The molecule has 0 saturated carbocycles. The van der Waals surface area contributed by atoms with Crippen LogP contribution in [0.3, 0.4) is 0 Å². The Morgan fingerprint density at radius 1 is 1.00 bits per heavy atom. The summed E-state index contributed by atoms with van der Waals surface area (Å²) >= 11 is 0. The van der Waals surface area contributed by atoms with Crippen LogP contribution in [-0.4, -0.2) is 89.6 Å². The summed E-state index contributed by atoms with van der Waals surface area (Å²) in [7, 11) is 1.60. The standard InChI is InChI=1S/C32H31N5O6.C2HF3O/c1-40-29-18-24-26(19-30(29)42-14-4-11-37-12-15-41-16-13-37)33-10-9-28(24)43-22-8-7-21(34-20-22)17-27(38)31-35-25-6-3-2-5-23(25)32(39)36-31;3-2(4,5)1-6/h2-3,5-10,18-20H,4,11-17H2,1H3,(H,35,36,39);1H. The van der Waals surface area contributed by atoms with E-state index in [0.717, 1.165) is 44.7 Å². The molecule has 12 nitrogen and oxygen atoms in total. The van der Waals surface area contributed by atoms with Crippen LogP contribution < -0.4 is 19.8 Å².